The molecule has 6 nitrogen and oxygen atoms in total. The lowest BCUT2D eigenvalue weighted by Crippen LogP contribution is -2.04. The van der Waals surface area contributed by atoms with E-state index in [1.54, 1.807) is 6.92 Å². The smallest absolute Gasteiger partial charge is 0.306 e. The maximum Gasteiger partial charge on any atom is 0.306 e. The second-order valence-electron chi connectivity index (χ2n) is 3.38. The predicted molar refractivity (Wildman–Crippen MR) is 69.5 cm³/mol. The molecule has 0 atom stereocenters. The number of hydrogen-bond donors (Lipinski definition) is 1. The molecular weight excluding hydrogens is 256 g/mol. The van der Waals surface area contributed by atoms with E-state index in [-0.39, 0.29) is 18.1 Å². The number of carbonyl (C=O) groups is 1. The lowest BCUT2D eigenvalue weighted by molar-refractivity contribution is -0.385. The molecule has 0 amide bonds. The van der Waals surface area contributed by atoms with E-state index in [1.165, 1.54) is 30.0 Å². The number of esters is 1. The van der Waals surface area contributed by atoms with Crippen molar-refractivity contribution in [2.75, 3.05) is 18.1 Å². The van der Waals surface area contributed by atoms with Crippen molar-refractivity contribution >= 4 is 29.1 Å². The minimum Gasteiger partial charge on any atom is -0.466 e. The quantitative estimate of drug-likeness (QED) is 0.280. The summed E-state index contributed by atoms with van der Waals surface area (Å²) in [5.74, 6) is 0.193. The van der Waals surface area contributed by atoms with E-state index in [1.807, 2.05) is 0 Å². The lowest BCUT2D eigenvalue weighted by Gasteiger charge is -2.05. The standard InChI is InChI=1S/C11H14N2O4S/c1-2-17-11(14)5-6-18-10-7-8(13(15)16)3-4-9(10)12/h3-4,7H,2,5-6,12H2,1H3. The minimum atomic E-state index is -0.477. The number of nitrogens with zero attached hydrogens (tertiary/aromatic N) is 1. The number of non-ortho nitro benzene ring substituents is 1. The molecule has 0 saturated heterocycles. The highest BCUT2D eigenvalue weighted by Crippen LogP contribution is 2.29. The molecule has 7 heteroatoms. The molecule has 0 aliphatic rings. The normalized spacial score (nSPS) is 10.1. The number of ether oxygens (including phenoxy) is 1. The molecular formula is C11H14N2O4S. The number of nitrogen functional groups attached to an aromatic ring is 1. The lowest BCUT2D eigenvalue weighted by atomic mass is 10.3. The highest BCUT2D eigenvalue weighted by molar-refractivity contribution is 7.99. The fourth-order valence-corrected chi connectivity index (χ4v) is 2.17. The zero-order valence-electron chi connectivity index (χ0n) is 9.92. The van der Waals surface area contributed by atoms with Crippen molar-refractivity contribution in [3.8, 4) is 0 Å². The Morgan fingerprint density at radius 3 is 2.89 bits per heavy atom. The summed E-state index contributed by atoms with van der Waals surface area (Å²) in [4.78, 5) is 21.9. The van der Waals surface area contributed by atoms with Gasteiger partial charge in [0.15, 0.2) is 0 Å². The SMILES string of the molecule is CCOC(=O)CCSc1cc([N+](=O)[O-])ccc1N. The molecule has 0 spiro atoms. The summed E-state index contributed by atoms with van der Waals surface area (Å²) in [6.45, 7) is 2.09. The zero-order valence-corrected chi connectivity index (χ0v) is 10.7. The summed E-state index contributed by atoms with van der Waals surface area (Å²) in [6.07, 6.45) is 0.251. The maximum absolute atomic E-state index is 11.1. The molecule has 0 bridgehead atoms. The van der Waals surface area contributed by atoms with Crippen LogP contribution in [0.15, 0.2) is 23.1 Å². The molecule has 0 aromatic heterocycles. The van der Waals surface area contributed by atoms with Crippen LogP contribution in [0.1, 0.15) is 13.3 Å². The number of carbonyl (C=O) groups excluding carboxylic acids is 1. The molecule has 0 radical (unpaired) electrons. The average molecular weight is 270 g/mol. The number of hydrogen-bond acceptors (Lipinski definition) is 6. The van der Waals surface area contributed by atoms with Crippen LogP contribution in [0.25, 0.3) is 0 Å². The van der Waals surface area contributed by atoms with Crippen molar-refractivity contribution in [1.82, 2.24) is 0 Å². The Kier molecular flexibility index (Phi) is 5.44. The molecule has 98 valence electrons. The number of benzene rings is 1. The van der Waals surface area contributed by atoms with E-state index in [0.717, 1.165) is 0 Å². The third-order valence-electron chi connectivity index (χ3n) is 2.08. The summed E-state index contributed by atoms with van der Waals surface area (Å²) in [5, 5.41) is 10.6. The van der Waals surface area contributed by atoms with Crippen molar-refractivity contribution in [1.29, 1.82) is 0 Å². The van der Waals surface area contributed by atoms with Gasteiger partial charge in [-0.15, -0.1) is 11.8 Å². The molecule has 1 rings (SSSR count). The van der Waals surface area contributed by atoms with Gasteiger partial charge in [-0.2, -0.15) is 0 Å². The van der Waals surface area contributed by atoms with Crippen LogP contribution in [0, 0.1) is 10.1 Å². The van der Waals surface area contributed by atoms with Gasteiger partial charge in [0.2, 0.25) is 0 Å². The minimum absolute atomic E-state index is 0.0113. The Labute approximate surface area is 109 Å². The molecule has 0 heterocycles. The Hall–Kier alpha value is -1.76. The number of anilines is 1. The molecule has 2 N–H and O–H groups in total. The van der Waals surface area contributed by atoms with Crippen molar-refractivity contribution < 1.29 is 14.5 Å². The van der Waals surface area contributed by atoms with Crippen LogP contribution in [-0.2, 0) is 9.53 Å². The second kappa shape index (κ2) is 6.85. The Balaban J connectivity index is 2.58. The van der Waals surface area contributed by atoms with Crippen LogP contribution in [0.5, 0.6) is 0 Å². The van der Waals surface area contributed by atoms with Gasteiger partial charge in [0.05, 0.1) is 18.0 Å². The van der Waals surface area contributed by atoms with E-state index in [2.05, 4.69) is 0 Å². The molecule has 0 aliphatic heterocycles. The first-order valence-corrected chi connectivity index (χ1v) is 6.35. The number of nitro benzene ring substituents is 1. The van der Waals surface area contributed by atoms with Crippen LogP contribution < -0.4 is 5.73 Å². The molecule has 0 saturated carbocycles. The Bertz CT molecular complexity index is 451. The van der Waals surface area contributed by atoms with Gasteiger partial charge in [-0.25, -0.2) is 0 Å². The summed E-state index contributed by atoms with van der Waals surface area (Å²) in [5.41, 5.74) is 6.16. The van der Waals surface area contributed by atoms with Gasteiger partial charge in [-0.1, -0.05) is 0 Å². The summed E-state index contributed by atoms with van der Waals surface area (Å²) >= 11 is 1.30. The summed E-state index contributed by atoms with van der Waals surface area (Å²) in [7, 11) is 0. The van der Waals surface area contributed by atoms with Gasteiger partial charge in [-0.3, -0.25) is 14.9 Å². The second-order valence-corrected chi connectivity index (χ2v) is 4.52. The molecule has 1 aromatic carbocycles. The fraction of sp³-hybridized carbons (Fsp3) is 0.364. The fourth-order valence-electron chi connectivity index (χ4n) is 1.24. The Morgan fingerprint density at radius 2 is 2.28 bits per heavy atom. The molecule has 0 fully saturated rings. The molecule has 0 aliphatic carbocycles. The van der Waals surface area contributed by atoms with Crippen LogP contribution >= 0.6 is 11.8 Å². The third-order valence-corrected chi connectivity index (χ3v) is 3.15. The van der Waals surface area contributed by atoms with Crippen LogP contribution in [0.4, 0.5) is 11.4 Å². The van der Waals surface area contributed by atoms with Gasteiger partial charge < -0.3 is 10.5 Å². The first-order chi connectivity index (χ1) is 8.54. The van der Waals surface area contributed by atoms with Crippen molar-refractivity contribution in [3.05, 3.63) is 28.3 Å². The van der Waals surface area contributed by atoms with E-state index in [4.69, 9.17) is 10.5 Å². The van der Waals surface area contributed by atoms with Gasteiger partial charge in [0, 0.05) is 28.5 Å². The van der Waals surface area contributed by atoms with E-state index < -0.39 is 4.92 Å². The van der Waals surface area contributed by atoms with Gasteiger partial charge in [0.1, 0.15) is 0 Å². The largest absolute Gasteiger partial charge is 0.466 e. The van der Waals surface area contributed by atoms with Gasteiger partial charge in [0.25, 0.3) is 5.69 Å². The highest BCUT2D eigenvalue weighted by Gasteiger charge is 2.10. The summed E-state index contributed by atoms with van der Waals surface area (Å²) in [6, 6.07) is 4.25. The first kappa shape index (κ1) is 14.3. The zero-order chi connectivity index (χ0) is 13.5. The van der Waals surface area contributed by atoms with Crippen LogP contribution in [0.2, 0.25) is 0 Å². The first-order valence-electron chi connectivity index (χ1n) is 5.37. The van der Waals surface area contributed by atoms with E-state index >= 15 is 0 Å². The van der Waals surface area contributed by atoms with Crippen molar-refractivity contribution in [3.63, 3.8) is 0 Å². The molecule has 18 heavy (non-hydrogen) atoms. The highest BCUT2D eigenvalue weighted by atomic mass is 32.2. The Morgan fingerprint density at radius 1 is 1.56 bits per heavy atom. The van der Waals surface area contributed by atoms with Crippen molar-refractivity contribution in [2.45, 2.75) is 18.2 Å². The van der Waals surface area contributed by atoms with Crippen LogP contribution in [0.3, 0.4) is 0 Å². The van der Waals surface area contributed by atoms with Crippen LogP contribution in [-0.4, -0.2) is 23.3 Å². The average Bonchev–Trinajstić information content (AvgIpc) is 2.31. The third kappa shape index (κ3) is 4.25. The number of nitro groups is 1. The van der Waals surface area contributed by atoms with Crippen molar-refractivity contribution in [2.24, 2.45) is 0 Å². The number of rotatable bonds is 6. The number of nitrogens with two attached hydrogens (primary N) is 1. The van der Waals surface area contributed by atoms with E-state index in [0.29, 0.717) is 22.9 Å². The van der Waals surface area contributed by atoms with Gasteiger partial charge in [-0.05, 0) is 13.0 Å². The molecule has 1 aromatic rings. The monoisotopic (exact) mass is 270 g/mol. The summed E-state index contributed by atoms with van der Waals surface area (Å²) < 4.78 is 4.78. The van der Waals surface area contributed by atoms with Gasteiger partial charge >= 0.3 is 5.97 Å². The molecule has 0 unspecified atom stereocenters. The predicted octanol–water partition coefficient (Wildman–Crippen LogP) is 2.22. The maximum atomic E-state index is 11.1. The topological polar surface area (TPSA) is 95.5 Å². The van der Waals surface area contributed by atoms with E-state index in [9.17, 15) is 14.9 Å². The number of thioether (sulfide) groups is 1.